The number of hydrogen-bond acceptors (Lipinski definition) is 4. The lowest BCUT2D eigenvalue weighted by molar-refractivity contribution is 0.273. The molecule has 0 saturated heterocycles. The molecule has 1 N–H and O–H groups in total. The molecule has 0 spiro atoms. The molecule has 1 aromatic heterocycles. The van der Waals surface area contributed by atoms with Gasteiger partial charge in [-0.3, -0.25) is 0 Å². The van der Waals surface area contributed by atoms with E-state index >= 15 is 0 Å². The number of halogens is 2. The van der Waals surface area contributed by atoms with E-state index in [2.05, 4.69) is 11.2 Å². The number of aryl methyl sites for hydroxylation is 2. The lowest BCUT2D eigenvalue weighted by atomic mass is 9.75. The molecule has 3 nitrogen and oxygen atoms in total. The Morgan fingerprint density at radius 2 is 2.00 bits per heavy atom. The van der Waals surface area contributed by atoms with Crippen molar-refractivity contribution in [3.05, 3.63) is 63.2 Å². The van der Waals surface area contributed by atoms with Crippen molar-refractivity contribution >= 4 is 28.1 Å². The van der Waals surface area contributed by atoms with Crippen LogP contribution in [0.3, 0.4) is 0 Å². The van der Waals surface area contributed by atoms with Crippen molar-refractivity contribution in [2.24, 2.45) is 5.92 Å². The summed E-state index contributed by atoms with van der Waals surface area (Å²) in [6.45, 7) is 4.02. The van der Waals surface area contributed by atoms with Crippen molar-refractivity contribution in [3.63, 3.8) is 0 Å². The first-order valence-corrected chi connectivity index (χ1v) is 12.4. The average molecular weight is 483 g/mol. The van der Waals surface area contributed by atoms with Crippen LogP contribution in [0.4, 0.5) is 9.52 Å². The number of thiazole rings is 1. The molecule has 33 heavy (non-hydrogen) atoms. The van der Waals surface area contributed by atoms with Gasteiger partial charge in [0.15, 0.2) is 5.13 Å². The normalized spacial score (nSPS) is 15.4. The number of methoxy groups -OCH3 is 1. The average Bonchev–Trinajstić information content (AvgIpc) is 3.13. The summed E-state index contributed by atoms with van der Waals surface area (Å²) >= 11 is 8.12. The molecule has 4 rings (SSSR count). The van der Waals surface area contributed by atoms with Gasteiger partial charge in [-0.1, -0.05) is 48.9 Å². The number of nitrogens with zero attached hydrogens (tertiary/aromatic N) is 1. The zero-order chi connectivity index (χ0) is 23.5. The first-order valence-electron chi connectivity index (χ1n) is 11.2. The molecule has 1 aliphatic carbocycles. The van der Waals surface area contributed by atoms with E-state index in [1.54, 1.807) is 18.4 Å². The molecular weight excluding hydrogens is 455 g/mol. The minimum atomic E-state index is -0.248. The number of rotatable bonds is 8. The second-order valence-electron chi connectivity index (χ2n) is 8.70. The quantitative estimate of drug-likeness (QED) is 0.335. The van der Waals surface area contributed by atoms with Gasteiger partial charge in [-0.2, -0.15) is 0 Å². The summed E-state index contributed by atoms with van der Waals surface area (Å²) in [5, 5.41) is 4.85. The molecule has 172 valence electrons. The molecule has 0 amide bonds. The standard InChI is InChI=1S/C27H28ClFN2OS/c1-5-24(21(14-18-7-6-8-18)19-9-11-20(29)12-10-19)30-27-31-26(17(3)33-27)22-13-16(2)25(32-4)15-23(22)28/h1,9-13,15,18,21,24H,6-8,14H2,2-4H3,(H,30,31). The number of aromatic nitrogens is 1. The summed E-state index contributed by atoms with van der Waals surface area (Å²) in [5.74, 6) is 4.20. The zero-order valence-electron chi connectivity index (χ0n) is 19.1. The monoisotopic (exact) mass is 482 g/mol. The van der Waals surface area contributed by atoms with E-state index in [0.717, 1.165) is 44.6 Å². The van der Waals surface area contributed by atoms with Crippen LogP contribution < -0.4 is 10.1 Å². The molecular formula is C27H28ClFN2OS. The predicted molar refractivity (Wildman–Crippen MR) is 136 cm³/mol. The molecule has 0 radical (unpaired) electrons. The van der Waals surface area contributed by atoms with Crippen molar-refractivity contribution < 1.29 is 9.13 Å². The Hall–Kier alpha value is -2.55. The summed E-state index contributed by atoms with van der Waals surface area (Å²) in [6, 6.07) is 10.3. The van der Waals surface area contributed by atoms with E-state index in [0.29, 0.717) is 10.9 Å². The van der Waals surface area contributed by atoms with Gasteiger partial charge in [-0.05, 0) is 61.6 Å². The van der Waals surface area contributed by atoms with Crippen molar-refractivity contribution in [1.82, 2.24) is 4.98 Å². The van der Waals surface area contributed by atoms with Crippen LogP contribution in [0.15, 0.2) is 36.4 Å². The van der Waals surface area contributed by atoms with E-state index < -0.39 is 0 Å². The molecule has 2 unspecified atom stereocenters. The third-order valence-electron chi connectivity index (χ3n) is 6.51. The Morgan fingerprint density at radius 1 is 1.27 bits per heavy atom. The predicted octanol–water partition coefficient (Wildman–Crippen LogP) is 7.62. The molecule has 0 aliphatic heterocycles. The number of benzene rings is 2. The molecule has 1 heterocycles. The van der Waals surface area contributed by atoms with Crippen LogP contribution in [-0.4, -0.2) is 18.1 Å². The smallest absolute Gasteiger partial charge is 0.184 e. The van der Waals surface area contributed by atoms with Crippen LogP contribution >= 0.6 is 22.9 Å². The zero-order valence-corrected chi connectivity index (χ0v) is 20.7. The number of ether oxygens (including phenoxy) is 1. The summed E-state index contributed by atoms with van der Waals surface area (Å²) in [5.41, 5.74) is 3.77. The Morgan fingerprint density at radius 3 is 2.61 bits per heavy atom. The summed E-state index contributed by atoms with van der Waals surface area (Å²) in [6.07, 6.45) is 10.7. The highest BCUT2D eigenvalue weighted by Crippen LogP contribution is 2.40. The van der Waals surface area contributed by atoms with Gasteiger partial charge in [0.2, 0.25) is 0 Å². The third kappa shape index (κ3) is 5.18. The van der Waals surface area contributed by atoms with Crippen LogP contribution in [0.5, 0.6) is 5.75 Å². The maximum absolute atomic E-state index is 13.6. The Balaban J connectivity index is 1.62. The minimum absolute atomic E-state index is 0.0837. The van der Waals surface area contributed by atoms with Gasteiger partial charge < -0.3 is 10.1 Å². The highest BCUT2D eigenvalue weighted by Gasteiger charge is 2.29. The molecule has 0 bridgehead atoms. The number of nitrogens with one attached hydrogen (secondary N) is 1. The van der Waals surface area contributed by atoms with Gasteiger partial charge in [0.05, 0.1) is 23.9 Å². The molecule has 3 aromatic rings. The van der Waals surface area contributed by atoms with E-state index in [1.165, 1.54) is 31.4 Å². The fourth-order valence-corrected chi connectivity index (χ4v) is 5.53. The summed E-state index contributed by atoms with van der Waals surface area (Å²) in [7, 11) is 1.63. The van der Waals surface area contributed by atoms with Gasteiger partial charge in [0.25, 0.3) is 0 Å². The maximum atomic E-state index is 13.6. The molecule has 1 saturated carbocycles. The van der Waals surface area contributed by atoms with Gasteiger partial charge >= 0.3 is 0 Å². The second kappa shape index (κ2) is 10.2. The minimum Gasteiger partial charge on any atom is -0.496 e. The Bertz CT molecular complexity index is 1160. The van der Waals surface area contributed by atoms with Crippen molar-refractivity contribution in [1.29, 1.82) is 0 Å². The van der Waals surface area contributed by atoms with Crippen LogP contribution in [0.2, 0.25) is 5.02 Å². The van der Waals surface area contributed by atoms with Crippen molar-refractivity contribution in [2.75, 3.05) is 12.4 Å². The van der Waals surface area contributed by atoms with E-state index in [4.69, 9.17) is 27.7 Å². The highest BCUT2D eigenvalue weighted by molar-refractivity contribution is 7.16. The van der Waals surface area contributed by atoms with Crippen LogP contribution in [0.1, 0.15) is 47.6 Å². The number of hydrogen-bond donors (Lipinski definition) is 1. The molecule has 1 fully saturated rings. The van der Waals surface area contributed by atoms with Gasteiger partial charge in [-0.25, -0.2) is 9.37 Å². The second-order valence-corrected chi connectivity index (χ2v) is 10.3. The maximum Gasteiger partial charge on any atom is 0.184 e. The SMILES string of the molecule is C#CC(Nc1nc(-c2cc(C)c(OC)cc2Cl)c(C)s1)C(CC1CCC1)c1ccc(F)cc1. The van der Waals surface area contributed by atoms with E-state index in [-0.39, 0.29) is 17.8 Å². The lowest BCUT2D eigenvalue weighted by Crippen LogP contribution is -2.29. The van der Waals surface area contributed by atoms with Crippen LogP contribution in [0, 0.1) is 37.9 Å². The lowest BCUT2D eigenvalue weighted by Gasteiger charge is -2.32. The first-order chi connectivity index (χ1) is 15.9. The third-order valence-corrected chi connectivity index (χ3v) is 7.72. The van der Waals surface area contributed by atoms with Crippen LogP contribution in [-0.2, 0) is 0 Å². The number of terminal acetylenes is 1. The van der Waals surface area contributed by atoms with E-state index in [9.17, 15) is 4.39 Å². The highest BCUT2D eigenvalue weighted by atomic mass is 35.5. The van der Waals surface area contributed by atoms with E-state index in [1.807, 2.05) is 38.1 Å². The van der Waals surface area contributed by atoms with Gasteiger partial charge in [0, 0.05) is 16.4 Å². The van der Waals surface area contributed by atoms with Gasteiger partial charge in [-0.15, -0.1) is 17.8 Å². The van der Waals surface area contributed by atoms with Crippen LogP contribution in [0.25, 0.3) is 11.3 Å². The number of anilines is 1. The first kappa shape index (κ1) is 23.6. The topological polar surface area (TPSA) is 34.2 Å². The fraction of sp³-hybridized carbons (Fsp3) is 0.370. The molecule has 2 atom stereocenters. The van der Waals surface area contributed by atoms with Crippen molar-refractivity contribution in [2.45, 2.75) is 51.5 Å². The van der Waals surface area contributed by atoms with Crippen molar-refractivity contribution in [3.8, 4) is 29.4 Å². The fourth-order valence-electron chi connectivity index (χ4n) is 4.43. The largest absolute Gasteiger partial charge is 0.496 e. The molecule has 6 heteroatoms. The molecule has 2 aromatic carbocycles. The van der Waals surface area contributed by atoms with Gasteiger partial charge in [0.1, 0.15) is 11.6 Å². The molecule has 1 aliphatic rings. The summed E-state index contributed by atoms with van der Waals surface area (Å²) < 4.78 is 18.9. The summed E-state index contributed by atoms with van der Waals surface area (Å²) in [4.78, 5) is 5.91. The Labute approximate surface area is 204 Å². The Kier molecular flexibility index (Phi) is 7.26.